The van der Waals surface area contributed by atoms with Crippen LogP contribution in [0.2, 0.25) is 0 Å². The second kappa shape index (κ2) is 3.52. The molecule has 4 saturated carbocycles. The molecule has 3 nitrogen and oxygen atoms in total. The average molecular weight is 246 g/mol. The summed E-state index contributed by atoms with van der Waals surface area (Å²) >= 11 is 0. The molecule has 4 aliphatic rings. The van der Waals surface area contributed by atoms with E-state index in [1.165, 1.54) is 44.1 Å². The van der Waals surface area contributed by atoms with E-state index in [1.54, 1.807) is 0 Å². The molecule has 0 aliphatic heterocycles. The van der Waals surface area contributed by atoms with Crippen LogP contribution in [0.4, 0.5) is 5.82 Å². The number of hydrogen-bond acceptors (Lipinski definition) is 3. The molecule has 1 aromatic heterocycles. The topological polar surface area (TPSA) is 52.0 Å². The van der Waals surface area contributed by atoms with Gasteiger partial charge in [-0.2, -0.15) is 0 Å². The summed E-state index contributed by atoms with van der Waals surface area (Å²) in [5.41, 5.74) is 7.45. The lowest BCUT2D eigenvalue weighted by Crippen LogP contribution is -2.48. The lowest BCUT2D eigenvalue weighted by molar-refractivity contribution is -0.0180. The van der Waals surface area contributed by atoms with Gasteiger partial charge in [-0.15, -0.1) is 0 Å². The highest BCUT2D eigenvalue weighted by atomic mass is 16.5. The van der Waals surface area contributed by atoms with Gasteiger partial charge in [-0.1, -0.05) is 12.1 Å². The van der Waals surface area contributed by atoms with Gasteiger partial charge in [-0.05, 0) is 62.7 Å². The van der Waals surface area contributed by atoms with Crippen LogP contribution in [0.3, 0.4) is 0 Å². The van der Waals surface area contributed by atoms with Gasteiger partial charge < -0.3 is 10.3 Å². The summed E-state index contributed by atoms with van der Waals surface area (Å²) in [6.45, 7) is 2.16. The molecule has 98 valence electrons. The van der Waals surface area contributed by atoms with Crippen molar-refractivity contribution in [3.63, 3.8) is 0 Å². The second-order valence-electron chi connectivity index (χ2n) is 6.93. The van der Waals surface area contributed by atoms with Crippen LogP contribution < -0.4 is 5.73 Å². The van der Waals surface area contributed by atoms with E-state index >= 15 is 0 Å². The second-order valence-corrected chi connectivity index (χ2v) is 6.93. The van der Waals surface area contributed by atoms with E-state index in [-0.39, 0.29) is 0 Å². The first-order chi connectivity index (χ1) is 8.70. The minimum Gasteiger partial charge on any atom is -0.381 e. The monoisotopic (exact) mass is 246 g/mol. The van der Waals surface area contributed by atoms with Crippen LogP contribution in [0.5, 0.6) is 0 Å². The highest BCUT2D eigenvalue weighted by Crippen LogP contribution is 2.61. The maximum Gasteiger partial charge on any atom is 0.170 e. The Morgan fingerprint density at radius 3 is 2.22 bits per heavy atom. The fourth-order valence-electron chi connectivity index (χ4n) is 5.47. The van der Waals surface area contributed by atoms with Crippen LogP contribution >= 0.6 is 0 Å². The van der Waals surface area contributed by atoms with Crippen molar-refractivity contribution in [3.05, 3.63) is 11.3 Å². The molecule has 2 N–H and O–H groups in total. The predicted molar refractivity (Wildman–Crippen MR) is 70.1 cm³/mol. The molecule has 1 heterocycles. The molecule has 0 radical (unpaired) electrons. The molecule has 0 aromatic carbocycles. The SMILES string of the molecule is CCc1c(N)noc1C12CC3CC(CC(C3)C1)C2. The van der Waals surface area contributed by atoms with E-state index in [0.717, 1.165) is 29.9 Å². The average Bonchev–Trinajstić information content (AvgIpc) is 2.69. The van der Waals surface area contributed by atoms with E-state index in [2.05, 4.69) is 12.1 Å². The highest BCUT2D eigenvalue weighted by molar-refractivity contribution is 5.44. The first kappa shape index (κ1) is 10.9. The largest absolute Gasteiger partial charge is 0.381 e. The Morgan fingerprint density at radius 1 is 1.17 bits per heavy atom. The maximum absolute atomic E-state index is 5.97. The van der Waals surface area contributed by atoms with Crippen LogP contribution in [0.25, 0.3) is 0 Å². The first-order valence-electron chi connectivity index (χ1n) is 7.44. The van der Waals surface area contributed by atoms with Gasteiger partial charge >= 0.3 is 0 Å². The van der Waals surface area contributed by atoms with Crippen molar-refractivity contribution in [2.45, 2.75) is 57.3 Å². The van der Waals surface area contributed by atoms with Crippen molar-refractivity contribution in [2.24, 2.45) is 17.8 Å². The van der Waals surface area contributed by atoms with Crippen molar-refractivity contribution in [1.29, 1.82) is 0 Å². The van der Waals surface area contributed by atoms with Crippen LogP contribution in [-0.2, 0) is 11.8 Å². The number of nitrogens with two attached hydrogens (primary N) is 1. The fourth-order valence-corrected chi connectivity index (χ4v) is 5.47. The Bertz CT molecular complexity index is 442. The van der Waals surface area contributed by atoms with Crippen molar-refractivity contribution in [3.8, 4) is 0 Å². The summed E-state index contributed by atoms with van der Waals surface area (Å²) < 4.78 is 5.70. The quantitative estimate of drug-likeness (QED) is 0.871. The summed E-state index contributed by atoms with van der Waals surface area (Å²) in [4.78, 5) is 0. The van der Waals surface area contributed by atoms with E-state index in [1.807, 2.05) is 0 Å². The molecule has 0 amide bonds. The summed E-state index contributed by atoms with van der Waals surface area (Å²) in [5.74, 6) is 4.59. The molecule has 4 bridgehead atoms. The fraction of sp³-hybridized carbons (Fsp3) is 0.800. The number of hydrogen-bond donors (Lipinski definition) is 1. The van der Waals surface area contributed by atoms with E-state index in [4.69, 9.17) is 10.3 Å². The smallest absolute Gasteiger partial charge is 0.170 e. The van der Waals surface area contributed by atoms with Gasteiger partial charge in [0, 0.05) is 11.0 Å². The Labute approximate surface area is 108 Å². The number of aromatic nitrogens is 1. The number of nitrogen functional groups attached to an aromatic ring is 1. The van der Waals surface area contributed by atoms with Gasteiger partial charge in [-0.3, -0.25) is 0 Å². The zero-order valence-electron chi connectivity index (χ0n) is 11.1. The number of rotatable bonds is 2. The number of anilines is 1. The summed E-state index contributed by atoms with van der Waals surface area (Å²) in [6.07, 6.45) is 9.30. The Kier molecular flexibility index (Phi) is 2.13. The molecule has 0 spiro atoms. The van der Waals surface area contributed by atoms with Crippen molar-refractivity contribution < 1.29 is 4.52 Å². The molecule has 4 aliphatic carbocycles. The van der Waals surface area contributed by atoms with E-state index < -0.39 is 0 Å². The van der Waals surface area contributed by atoms with E-state index in [0.29, 0.717) is 11.2 Å². The van der Waals surface area contributed by atoms with Crippen molar-refractivity contribution in [2.75, 3.05) is 5.73 Å². The third-order valence-electron chi connectivity index (χ3n) is 5.69. The third-order valence-corrected chi connectivity index (χ3v) is 5.69. The van der Waals surface area contributed by atoms with Gasteiger partial charge in [0.25, 0.3) is 0 Å². The predicted octanol–water partition coefficient (Wildman–Crippen LogP) is 3.29. The standard InChI is InChI=1S/C15H22N2O/c1-2-12-13(18-17-14(12)16)15-6-9-3-10(7-15)5-11(4-9)8-15/h9-11H,2-8H2,1H3,(H2,16,17). The third kappa shape index (κ3) is 1.33. The molecular weight excluding hydrogens is 224 g/mol. The molecule has 0 unspecified atom stereocenters. The van der Waals surface area contributed by atoms with Gasteiger partial charge in [0.2, 0.25) is 0 Å². The molecule has 1 aromatic rings. The van der Waals surface area contributed by atoms with Crippen LogP contribution in [0, 0.1) is 17.8 Å². The van der Waals surface area contributed by atoms with Crippen LogP contribution in [0.15, 0.2) is 4.52 Å². The lowest BCUT2D eigenvalue weighted by atomic mass is 9.48. The molecule has 4 fully saturated rings. The minimum absolute atomic E-state index is 0.296. The summed E-state index contributed by atoms with van der Waals surface area (Å²) in [5, 5.41) is 4.05. The minimum atomic E-state index is 0.296. The van der Waals surface area contributed by atoms with E-state index in [9.17, 15) is 0 Å². The normalized spacial score (nSPS) is 41.5. The van der Waals surface area contributed by atoms with Gasteiger partial charge in [0.15, 0.2) is 5.82 Å². The molecule has 3 heteroatoms. The van der Waals surface area contributed by atoms with Gasteiger partial charge in [0.1, 0.15) is 5.76 Å². The molecule has 18 heavy (non-hydrogen) atoms. The summed E-state index contributed by atoms with van der Waals surface area (Å²) in [6, 6.07) is 0. The summed E-state index contributed by atoms with van der Waals surface area (Å²) in [7, 11) is 0. The molecule has 0 atom stereocenters. The zero-order valence-corrected chi connectivity index (χ0v) is 11.1. The van der Waals surface area contributed by atoms with Gasteiger partial charge in [-0.25, -0.2) is 0 Å². The molecule has 0 saturated heterocycles. The van der Waals surface area contributed by atoms with Crippen LogP contribution in [-0.4, -0.2) is 5.16 Å². The maximum atomic E-state index is 5.97. The lowest BCUT2D eigenvalue weighted by Gasteiger charge is -2.55. The molecule has 5 rings (SSSR count). The molecular formula is C15H22N2O. The highest BCUT2D eigenvalue weighted by Gasteiger charge is 2.54. The van der Waals surface area contributed by atoms with Gasteiger partial charge in [0.05, 0.1) is 0 Å². The first-order valence-corrected chi connectivity index (χ1v) is 7.44. The Morgan fingerprint density at radius 2 is 1.72 bits per heavy atom. The Hall–Kier alpha value is -0.990. The van der Waals surface area contributed by atoms with Crippen molar-refractivity contribution in [1.82, 2.24) is 5.16 Å². The van der Waals surface area contributed by atoms with Crippen molar-refractivity contribution >= 4 is 5.82 Å². The zero-order chi connectivity index (χ0) is 12.3. The number of nitrogens with zero attached hydrogens (tertiary/aromatic N) is 1. The Balaban J connectivity index is 1.79. The van der Waals surface area contributed by atoms with Crippen LogP contribution in [0.1, 0.15) is 56.8 Å².